The first-order valence-electron chi connectivity index (χ1n) is 8.25. The average molecular weight is 298 g/mol. The van der Waals surface area contributed by atoms with Gasteiger partial charge >= 0.3 is 5.97 Å². The van der Waals surface area contributed by atoms with Crippen LogP contribution in [-0.4, -0.2) is 5.97 Å². The number of hydrogen-bond donors (Lipinski definition) is 0. The van der Waals surface area contributed by atoms with Crippen molar-refractivity contribution in [3.05, 3.63) is 55.1 Å². The molecule has 0 bridgehead atoms. The van der Waals surface area contributed by atoms with Crippen LogP contribution >= 0.6 is 0 Å². The average Bonchev–Trinajstić information content (AvgIpc) is 2.55. The second-order valence-electron chi connectivity index (χ2n) is 6.14. The molecule has 0 atom stereocenters. The van der Waals surface area contributed by atoms with Gasteiger partial charge in [-0.05, 0) is 68.6 Å². The molecule has 0 spiro atoms. The van der Waals surface area contributed by atoms with Crippen molar-refractivity contribution in [3.8, 4) is 5.75 Å². The molecule has 0 saturated heterocycles. The molecule has 1 fully saturated rings. The van der Waals surface area contributed by atoms with Crippen molar-refractivity contribution in [1.29, 1.82) is 0 Å². The van der Waals surface area contributed by atoms with Gasteiger partial charge in [-0.2, -0.15) is 0 Å². The molecule has 0 unspecified atom stereocenters. The van der Waals surface area contributed by atoms with Crippen LogP contribution in [0.5, 0.6) is 5.75 Å². The molecule has 2 nitrogen and oxygen atoms in total. The van der Waals surface area contributed by atoms with Gasteiger partial charge in [-0.3, -0.25) is 4.79 Å². The summed E-state index contributed by atoms with van der Waals surface area (Å²) in [7, 11) is 0. The summed E-state index contributed by atoms with van der Waals surface area (Å²) >= 11 is 0. The van der Waals surface area contributed by atoms with Crippen LogP contribution in [0.2, 0.25) is 0 Å². The van der Waals surface area contributed by atoms with Gasteiger partial charge in [0, 0.05) is 0 Å². The maximum absolute atomic E-state index is 12.2. The van der Waals surface area contributed by atoms with Gasteiger partial charge < -0.3 is 4.74 Å². The number of carbonyl (C=O) groups is 1. The Labute approximate surface area is 133 Å². The second kappa shape index (κ2) is 8.57. The third kappa shape index (κ3) is 4.87. The van der Waals surface area contributed by atoms with Gasteiger partial charge in [0.25, 0.3) is 0 Å². The molecule has 1 aliphatic carbocycles. The van der Waals surface area contributed by atoms with E-state index in [0.717, 1.165) is 44.4 Å². The Morgan fingerprint density at radius 3 is 2.36 bits per heavy atom. The Hall–Kier alpha value is -1.83. The smallest absolute Gasteiger partial charge is 0.314 e. The molecule has 118 valence electrons. The van der Waals surface area contributed by atoms with E-state index in [1.54, 1.807) is 0 Å². The van der Waals surface area contributed by atoms with Gasteiger partial charge in [0.1, 0.15) is 5.75 Å². The first kappa shape index (κ1) is 16.5. The number of ether oxygens (including phenoxy) is 1. The molecule has 1 saturated carbocycles. The quantitative estimate of drug-likeness (QED) is 0.398. The predicted octanol–water partition coefficient (Wildman–Crippen LogP) is 5.09. The number of esters is 1. The van der Waals surface area contributed by atoms with Crippen molar-refractivity contribution in [2.45, 2.75) is 44.9 Å². The fourth-order valence-electron chi connectivity index (χ4n) is 3.10. The van der Waals surface area contributed by atoms with Crippen LogP contribution in [0.4, 0.5) is 0 Å². The predicted molar refractivity (Wildman–Crippen MR) is 90.9 cm³/mol. The van der Waals surface area contributed by atoms with Crippen LogP contribution in [0.15, 0.2) is 49.6 Å². The first-order valence-corrected chi connectivity index (χ1v) is 8.25. The molecular weight excluding hydrogens is 272 g/mol. The Kier molecular flexibility index (Phi) is 6.45. The second-order valence-corrected chi connectivity index (χ2v) is 6.14. The molecule has 1 aromatic carbocycles. The summed E-state index contributed by atoms with van der Waals surface area (Å²) in [6, 6.07) is 7.70. The van der Waals surface area contributed by atoms with E-state index in [2.05, 4.69) is 13.2 Å². The SMILES string of the molecule is C=CCCC1CCC(C(=O)Oc2ccc(CC=C)cc2)CC1. The summed E-state index contributed by atoms with van der Waals surface area (Å²) in [5, 5.41) is 0. The summed E-state index contributed by atoms with van der Waals surface area (Å²) in [5.74, 6) is 1.39. The van der Waals surface area contributed by atoms with Crippen molar-refractivity contribution >= 4 is 5.97 Å². The van der Waals surface area contributed by atoms with E-state index in [-0.39, 0.29) is 11.9 Å². The van der Waals surface area contributed by atoms with Crippen LogP contribution in [0.1, 0.15) is 44.1 Å². The van der Waals surface area contributed by atoms with Crippen molar-refractivity contribution in [3.63, 3.8) is 0 Å². The molecule has 0 amide bonds. The van der Waals surface area contributed by atoms with Gasteiger partial charge in [-0.15, -0.1) is 13.2 Å². The number of benzene rings is 1. The molecule has 0 radical (unpaired) electrons. The minimum absolute atomic E-state index is 0.0628. The van der Waals surface area contributed by atoms with Crippen LogP contribution in [0.25, 0.3) is 0 Å². The van der Waals surface area contributed by atoms with Gasteiger partial charge in [0.05, 0.1) is 5.92 Å². The van der Waals surface area contributed by atoms with Gasteiger partial charge in [-0.25, -0.2) is 0 Å². The number of allylic oxidation sites excluding steroid dienone is 2. The van der Waals surface area contributed by atoms with E-state index >= 15 is 0 Å². The highest BCUT2D eigenvalue weighted by atomic mass is 16.5. The number of carbonyl (C=O) groups excluding carboxylic acids is 1. The Balaban J connectivity index is 1.80. The topological polar surface area (TPSA) is 26.3 Å². The molecule has 2 rings (SSSR count). The lowest BCUT2D eigenvalue weighted by Crippen LogP contribution is -2.25. The molecule has 1 aliphatic rings. The molecule has 0 aliphatic heterocycles. The van der Waals surface area contributed by atoms with E-state index in [0.29, 0.717) is 5.75 Å². The summed E-state index contributed by atoms with van der Waals surface area (Å²) in [6.45, 7) is 7.50. The van der Waals surface area contributed by atoms with E-state index in [4.69, 9.17) is 4.74 Å². The van der Waals surface area contributed by atoms with Crippen LogP contribution < -0.4 is 4.74 Å². The molecule has 22 heavy (non-hydrogen) atoms. The van der Waals surface area contributed by atoms with Crippen LogP contribution in [-0.2, 0) is 11.2 Å². The third-order valence-electron chi connectivity index (χ3n) is 4.48. The standard InChI is InChI=1S/C20H26O2/c1-3-5-7-17-8-12-18(13-9-17)20(21)22-19-14-10-16(6-4-2)11-15-19/h3-4,10-11,14-15,17-18H,1-2,5-9,12-13H2. The zero-order chi connectivity index (χ0) is 15.8. The molecular formula is C20H26O2. The van der Waals surface area contributed by atoms with E-state index in [9.17, 15) is 4.79 Å². The fraction of sp³-hybridized carbons (Fsp3) is 0.450. The minimum Gasteiger partial charge on any atom is -0.426 e. The summed E-state index contributed by atoms with van der Waals surface area (Å²) < 4.78 is 5.52. The highest BCUT2D eigenvalue weighted by Crippen LogP contribution is 2.32. The highest BCUT2D eigenvalue weighted by molar-refractivity contribution is 5.75. The third-order valence-corrected chi connectivity index (χ3v) is 4.48. The zero-order valence-corrected chi connectivity index (χ0v) is 13.3. The van der Waals surface area contributed by atoms with Crippen LogP contribution in [0, 0.1) is 11.8 Å². The Morgan fingerprint density at radius 2 is 1.77 bits per heavy atom. The van der Waals surface area contributed by atoms with E-state index in [1.165, 1.54) is 12.0 Å². The first-order chi connectivity index (χ1) is 10.7. The lowest BCUT2D eigenvalue weighted by atomic mass is 9.80. The lowest BCUT2D eigenvalue weighted by molar-refractivity contribution is -0.140. The van der Waals surface area contributed by atoms with E-state index in [1.807, 2.05) is 36.4 Å². The van der Waals surface area contributed by atoms with Gasteiger partial charge in [-0.1, -0.05) is 24.3 Å². The largest absolute Gasteiger partial charge is 0.426 e. The minimum atomic E-state index is -0.0707. The monoisotopic (exact) mass is 298 g/mol. The maximum Gasteiger partial charge on any atom is 0.314 e. The maximum atomic E-state index is 12.2. The lowest BCUT2D eigenvalue weighted by Gasteiger charge is -2.26. The van der Waals surface area contributed by atoms with Gasteiger partial charge in [0.2, 0.25) is 0 Å². The van der Waals surface area contributed by atoms with Gasteiger partial charge in [0.15, 0.2) is 0 Å². The summed E-state index contributed by atoms with van der Waals surface area (Å²) in [5.41, 5.74) is 1.18. The van der Waals surface area contributed by atoms with Crippen molar-refractivity contribution in [2.75, 3.05) is 0 Å². The summed E-state index contributed by atoms with van der Waals surface area (Å²) in [4.78, 5) is 12.2. The fourth-order valence-corrected chi connectivity index (χ4v) is 3.10. The van der Waals surface area contributed by atoms with Crippen molar-refractivity contribution < 1.29 is 9.53 Å². The van der Waals surface area contributed by atoms with E-state index < -0.39 is 0 Å². The highest BCUT2D eigenvalue weighted by Gasteiger charge is 2.27. The molecule has 0 N–H and O–H groups in total. The normalized spacial score (nSPS) is 21.1. The number of rotatable bonds is 7. The molecule has 2 heteroatoms. The number of hydrogen-bond acceptors (Lipinski definition) is 2. The molecule has 0 heterocycles. The summed E-state index contributed by atoms with van der Waals surface area (Å²) in [6.07, 6.45) is 11.1. The molecule has 0 aromatic heterocycles. The van der Waals surface area contributed by atoms with Crippen LogP contribution in [0.3, 0.4) is 0 Å². The Bertz CT molecular complexity index is 493. The van der Waals surface area contributed by atoms with Crippen molar-refractivity contribution in [1.82, 2.24) is 0 Å². The Morgan fingerprint density at radius 1 is 1.09 bits per heavy atom. The van der Waals surface area contributed by atoms with Crippen molar-refractivity contribution in [2.24, 2.45) is 11.8 Å². The zero-order valence-electron chi connectivity index (χ0n) is 13.3. The molecule has 1 aromatic rings.